The minimum Gasteiger partial charge on any atom is -0.339 e. The number of halogens is 1. The van der Waals surface area contributed by atoms with E-state index in [1.165, 1.54) is 12.1 Å². The molecular formula is C16H22FN3O. The van der Waals surface area contributed by atoms with Crippen LogP contribution >= 0.6 is 0 Å². The molecule has 1 atom stereocenters. The molecule has 1 aromatic heterocycles. The summed E-state index contributed by atoms with van der Waals surface area (Å²) in [5.74, 6) is 1.34. The SMILES string of the molecule is CCC(CCN)CCc1nc(-c2cc(C)cc(F)c2)no1. The van der Waals surface area contributed by atoms with Gasteiger partial charge in [0, 0.05) is 12.0 Å². The van der Waals surface area contributed by atoms with E-state index in [4.69, 9.17) is 10.3 Å². The summed E-state index contributed by atoms with van der Waals surface area (Å²) in [4.78, 5) is 4.35. The maximum atomic E-state index is 13.4. The van der Waals surface area contributed by atoms with Crippen LogP contribution < -0.4 is 5.73 Å². The molecular weight excluding hydrogens is 269 g/mol. The molecule has 21 heavy (non-hydrogen) atoms. The van der Waals surface area contributed by atoms with Gasteiger partial charge in [-0.05, 0) is 56.0 Å². The zero-order valence-electron chi connectivity index (χ0n) is 12.6. The number of hydrogen-bond acceptors (Lipinski definition) is 4. The Morgan fingerprint density at radius 3 is 2.76 bits per heavy atom. The van der Waals surface area contributed by atoms with Gasteiger partial charge in [0.05, 0.1) is 0 Å². The molecule has 0 fully saturated rings. The molecule has 0 bridgehead atoms. The first-order valence-corrected chi connectivity index (χ1v) is 7.42. The summed E-state index contributed by atoms with van der Waals surface area (Å²) in [5, 5.41) is 3.94. The smallest absolute Gasteiger partial charge is 0.226 e. The predicted octanol–water partition coefficient (Wildman–Crippen LogP) is 3.49. The quantitative estimate of drug-likeness (QED) is 0.848. The molecule has 2 aromatic rings. The van der Waals surface area contributed by atoms with Crippen LogP contribution in [0.4, 0.5) is 4.39 Å². The van der Waals surface area contributed by atoms with Gasteiger partial charge in [-0.3, -0.25) is 0 Å². The van der Waals surface area contributed by atoms with Crippen LogP contribution in [0.3, 0.4) is 0 Å². The second-order valence-electron chi connectivity index (χ2n) is 5.42. The Hall–Kier alpha value is -1.75. The van der Waals surface area contributed by atoms with Gasteiger partial charge >= 0.3 is 0 Å². The van der Waals surface area contributed by atoms with E-state index in [1.54, 1.807) is 0 Å². The summed E-state index contributed by atoms with van der Waals surface area (Å²) >= 11 is 0. The number of aryl methyl sites for hydroxylation is 2. The number of aromatic nitrogens is 2. The van der Waals surface area contributed by atoms with Gasteiger partial charge in [-0.2, -0.15) is 4.98 Å². The minimum absolute atomic E-state index is 0.287. The van der Waals surface area contributed by atoms with Gasteiger partial charge in [-0.15, -0.1) is 0 Å². The minimum atomic E-state index is -0.287. The van der Waals surface area contributed by atoms with Gasteiger partial charge in [0.1, 0.15) is 5.82 Å². The molecule has 0 aliphatic heterocycles. The van der Waals surface area contributed by atoms with Crippen molar-refractivity contribution in [2.45, 2.75) is 39.5 Å². The van der Waals surface area contributed by atoms with Gasteiger partial charge < -0.3 is 10.3 Å². The lowest BCUT2D eigenvalue weighted by molar-refractivity contribution is 0.354. The summed E-state index contributed by atoms with van der Waals surface area (Å²) < 4.78 is 18.7. The van der Waals surface area contributed by atoms with E-state index in [1.807, 2.05) is 13.0 Å². The van der Waals surface area contributed by atoms with E-state index in [2.05, 4.69) is 17.1 Å². The summed E-state index contributed by atoms with van der Waals surface area (Å²) in [6, 6.07) is 4.75. The molecule has 0 aliphatic rings. The molecule has 2 rings (SSSR count). The number of rotatable bonds is 7. The third-order valence-electron chi connectivity index (χ3n) is 3.69. The largest absolute Gasteiger partial charge is 0.339 e. The van der Waals surface area contributed by atoms with Gasteiger partial charge in [-0.25, -0.2) is 4.39 Å². The summed E-state index contributed by atoms with van der Waals surface area (Å²) in [7, 11) is 0. The Morgan fingerprint density at radius 2 is 2.10 bits per heavy atom. The lowest BCUT2D eigenvalue weighted by Crippen LogP contribution is -2.09. The number of nitrogens with two attached hydrogens (primary N) is 1. The first-order chi connectivity index (χ1) is 10.1. The highest BCUT2D eigenvalue weighted by Crippen LogP contribution is 2.21. The van der Waals surface area contributed by atoms with Crippen molar-refractivity contribution in [1.29, 1.82) is 0 Å². The van der Waals surface area contributed by atoms with Crippen molar-refractivity contribution < 1.29 is 8.91 Å². The fraction of sp³-hybridized carbons (Fsp3) is 0.500. The van der Waals surface area contributed by atoms with Crippen LogP contribution in [0.15, 0.2) is 22.7 Å². The van der Waals surface area contributed by atoms with Crippen molar-refractivity contribution in [3.63, 3.8) is 0 Å². The Morgan fingerprint density at radius 1 is 1.29 bits per heavy atom. The highest BCUT2D eigenvalue weighted by atomic mass is 19.1. The summed E-state index contributed by atoms with van der Waals surface area (Å²) in [5.41, 5.74) is 7.08. The molecule has 1 unspecified atom stereocenters. The Kier molecular flexibility index (Phi) is 5.44. The highest BCUT2D eigenvalue weighted by Gasteiger charge is 2.12. The van der Waals surface area contributed by atoms with Crippen LogP contribution in [0.1, 0.15) is 37.6 Å². The van der Waals surface area contributed by atoms with Crippen LogP contribution in [0.2, 0.25) is 0 Å². The maximum absolute atomic E-state index is 13.4. The Labute approximate surface area is 124 Å². The summed E-state index contributed by atoms with van der Waals surface area (Å²) in [6.07, 6.45) is 3.83. The van der Waals surface area contributed by atoms with Gasteiger partial charge in [0.25, 0.3) is 0 Å². The molecule has 0 aliphatic carbocycles. The van der Waals surface area contributed by atoms with Crippen LogP contribution in [0, 0.1) is 18.7 Å². The standard InChI is InChI=1S/C16H22FN3O/c1-3-12(6-7-18)4-5-15-19-16(20-21-15)13-8-11(2)9-14(17)10-13/h8-10,12H,3-7,18H2,1-2H3. The number of benzene rings is 1. The molecule has 4 nitrogen and oxygen atoms in total. The number of nitrogens with zero attached hydrogens (tertiary/aromatic N) is 2. The maximum Gasteiger partial charge on any atom is 0.226 e. The monoisotopic (exact) mass is 291 g/mol. The third kappa shape index (κ3) is 4.36. The van der Waals surface area contributed by atoms with E-state index in [0.717, 1.165) is 31.2 Å². The van der Waals surface area contributed by atoms with Gasteiger partial charge in [0.15, 0.2) is 0 Å². The van der Waals surface area contributed by atoms with Crippen molar-refractivity contribution in [1.82, 2.24) is 10.1 Å². The third-order valence-corrected chi connectivity index (χ3v) is 3.69. The second-order valence-corrected chi connectivity index (χ2v) is 5.42. The molecule has 1 heterocycles. The van der Waals surface area contributed by atoms with Crippen LogP contribution in [0.5, 0.6) is 0 Å². The van der Waals surface area contributed by atoms with Crippen LogP contribution in [-0.2, 0) is 6.42 Å². The molecule has 0 radical (unpaired) electrons. The molecule has 5 heteroatoms. The van der Waals surface area contributed by atoms with Crippen molar-refractivity contribution in [3.05, 3.63) is 35.5 Å². The molecule has 1 aromatic carbocycles. The van der Waals surface area contributed by atoms with E-state index < -0.39 is 0 Å². The van der Waals surface area contributed by atoms with Crippen LogP contribution in [-0.4, -0.2) is 16.7 Å². The van der Waals surface area contributed by atoms with Crippen molar-refractivity contribution in [2.24, 2.45) is 11.7 Å². The zero-order valence-corrected chi connectivity index (χ0v) is 12.6. The molecule has 114 valence electrons. The van der Waals surface area contributed by atoms with Gasteiger partial charge in [-0.1, -0.05) is 18.5 Å². The number of hydrogen-bond donors (Lipinski definition) is 1. The zero-order chi connectivity index (χ0) is 15.2. The molecule has 0 spiro atoms. The Bertz CT molecular complexity index is 562. The van der Waals surface area contributed by atoms with Crippen molar-refractivity contribution in [3.8, 4) is 11.4 Å². The fourth-order valence-electron chi connectivity index (χ4n) is 2.45. The normalized spacial score (nSPS) is 12.6. The average molecular weight is 291 g/mol. The predicted molar refractivity (Wildman–Crippen MR) is 80.2 cm³/mol. The lowest BCUT2D eigenvalue weighted by Gasteiger charge is -2.11. The molecule has 0 amide bonds. The molecule has 0 saturated carbocycles. The topological polar surface area (TPSA) is 64.9 Å². The highest BCUT2D eigenvalue weighted by molar-refractivity contribution is 5.55. The first kappa shape index (κ1) is 15.6. The summed E-state index contributed by atoms with van der Waals surface area (Å²) in [6.45, 7) is 4.71. The van der Waals surface area contributed by atoms with Crippen molar-refractivity contribution >= 4 is 0 Å². The van der Waals surface area contributed by atoms with E-state index >= 15 is 0 Å². The van der Waals surface area contributed by atoms with E-state index in [9.17, 15) is 4.39 Å². The molecule has 0 saturated heterocycles. The van der Waals surface area contributed by atoms with Crippen LogP contribution in [0.25, 0.3) is 11.4 Å². The average Bonchev–Trinajstić information content (AvgIpc) is 2.91. The first-order valence-electron chi connectivity index (χ1n) is 7.42. The molecule has 2 N–H and O–H groups in total. The fourth-order valence-corrected chi connectivity index (χ4v) is 2.45. The second kappa shape index (κ2) is 7.31. The lowest BCUT2D eigenvalue weighted by atomic mass is 9.97. The van der Waals surface area contributed by atoms with Gasteiger partial charge in [0.2, 0.25) is 11.7 Å². The van der Waals surface area contributed by atoms with Crippen molar-refractivity contribution in [2.75, 3.05) is 6.54 Å². The van der Waals surface area contributed by atoms with E-state index in [0.29, 0.717) is 29.7 Å². The van der Waals surface area contributed by atoms with E-state index in [-0.39, 0.29) is 5.82 Å². The Balaban J connectivity index is 2.04.